The van der Waals surface area contributed by atoms with Gasteiger partial charge in [-0.05, 0) is 32.2 Å². The van der Waals surface area contributed by atoms with Gasteiger partial charge in [0.05, 0.1) is 18.2 Å². The fourth-order valence-corrected chi connectivity index (χ4v) is 3.20. The molecule has 104 valence electrons. The van der Waals surface area contributed by atoms with Crippen molar-refractivity contribution in [1.29, 1.82) is 5.26 Å². The standard InChI is InChI=1S/C15H24N4/c1-4-12-5-6-14(8-16)15(7-12)18(2)10-13-9-17-19(3)11-13/h9,11-12,14-15H,4-7,10H2,1-3H3. The SMILES string of the molecule is CCC1CCC(C#N)C(N(C)Cc2cnn(C)c2)C1. The van der Waals surface area contributed by atoms with E-state index in [1.807, 2.05) is 17.9 Å². The number of rotatable bonds is 4. The van der Waals surface area contributed by atoms with Gasteiger partial charge in [0.2, 0.25) is 0 Å². The maximum absolute atomic E-state index is 9.35. The van der Waals surface area contributed by atoms with Crippen LogP contribution in [0.3, 0.4) is 0 Å². The summed E-state index contributed by atoms with van der Waals surface area (Å²) in [5, 5.41) is 13.6. The van der Waals surface area contributed by atoms with Gasteiger partial charge >= 0.3 is 0 Å². The van der Waals surface area contributed by atoms with E-state index in [0.717, 1.165) is 25.3 Å². The third-order valence-electron chi connectivity index (χ3n) is 4.42. The molecule has 0 saturated heterocycles. The minimum absolute atomic E-state index is 0.185. The molecule has 1 saturated carbocycles. The van der Waals surface area contributed by atoms with Crippen LogP contribution in [0.1, 0.15) is 38.2 Å². The van der Waals surface area contributed by atoms with E-state index >= 15 is 0 Å². The van der Waals surface area contributed by atoms with Crippen molar-refractivity contribution >= 4 is 0 Å². The molecule has 0 aromatic carbocycles. The van der Waals surface area contributed by atoms with E-state index in [1.165, 1.54) is 18.4 Å². The van der Waals surface area contributed by atoms with Crippen molar-refractivity contribution in [3.8, 4) is 6.07 Å². The largest absolute Gasteiger partial charge is 0.298 e. The van der Waals surface area contributed by atoms with Gasteiger partial charge in [0.1, 0.15) is 0 Å². The molecule has 3 atom stereocenters. The minimum Gasteiger partial charge on any atom is -0.298 e. The number of aryl methyl sites for hydroxylation is 1. The minimum atomic E-state index is 0.185. The normalized spacial score (nSPS) is 27.4. The molecule has 1 heterocycles. The highest BCUT2D eigenvalue weighted by Crippen LogP contribution is 2.33. The first-order valence-electron chi connectivity index (χ1n) is 7.21. The molecule has 4 nitrogen and oxygen atoms in total. The fraction of sp³-hybridized carbons (Fsp3) is 0.733. The van der Waals surface area contributed by atoms with Gasteiger partial charge in [0, 0.05) is 31.4 Å². The summed E-state index contributed by atoms with van der Waals surface area (Å²) >= 11 is 0. The Balaban J connectivity index is 2.02. The average molecular weight is 260 g/mol. The summed E-state index contributed by atoms with van der Waals surface area (Å²) in [6, 6.07) is 2.90. The van der Waals surface area contributed by atoms with Crippen LogP contribution in [0, 0.1) is 23.2 Å². The molecule has 4 heteroatoms. The van der Waals surface area contributed by atoms with Gasteiger partial charge in [0.25, 0.3) is 0 Å². The summed E-state index contributed by atoms with van der Waals surface area (Å²) in [7, 11) is 4.08. The van der Waals surface area contributed by atoms with Gasteiger partial charge in [-0.3, -0.25) is 9.58 Å². The lowest BCUT2D eigenvalue weighted by atomic mass is 9.77. The van der Waals surface area contributed by atoms with E-state index in [1.54, 1.807) is 0 Å². The average Bonchev–Trinajstić information content (AvgIpc) is 2.83. The van der Waals surface area contributed by atoms with Crippen LogP contribution >= 0.6 is 0 Å². The lowest BCUT2D eigenvalue weighted by Crippen LogP contribution is -2.41. The first-order chi connectivity index (χ1) is 9.13. The van der Waals surface area contributed by atoms with Crippen molar-refractivity contribution in [2.75, 3.05) is 7.05 Å². The quantitative estimate of drug-likeness (QED) is 0.835. The number of nitriles is 1. The first kappa shape index (κ1) is 14.1. The van der Waals surface area contributed by atoms with Crippen molar-refractivity contribution < 1.29 is 0 Å². The molecule has 0 radical (unpaired) electrons. The summed E-state index contributed by atoms with van der Waals surface area (Å²) in [4.78, 5) is 2.34. The summed E-state index contributed by atoms with van der Waals surface area (Å²) in [6.07, 6.45) is 8.62. The zero-order valence-electron chi connectivity index (χ0n) is 12.2. The second-order valence-electron chi connectivity index (χ2n) is 5.83. The van der Waals surface area contributed by atoms with Crippen LogP contribution in [-0.4, -0.2) is 27.8 Å². The van der Waals surface area contributed by atoms with E-state index in [4.69, 9.17) is 0 Å². The predicted molar refractivity (Wildman–Crippen MR) is 75.2 cm³/mol. The van der Waals surface area contributed by atoms with Gasteiger partial charge in [0.15, 0.2) is 0 Å². The fourth-order valence-electron chi connectivity index (χ4n) is 3.20. The third-order valence-corrected chi connectivity index (χ3v) is 4.42. The summed E-state index contributed by atoms with van der Waals surface area (Å²) in [6.45, 7) is 3.14. The molecule has 0 bridgehead atoms. The molecule has 19 heavy (non-hydrogen) atoms. The molecule has 1 aromatic rings. The van der Waals surface area contributed by atoms with Crippen LogP contribution in [0.4, 0.5) is 0 Å². The second kappa shape index (κ2) is 6.21. The van der Waals surface area contributed by atoms with E-state index in [-0.39, 0.29) is 5.92 Å². The van der Waals surface area contributed by atoms with Crippen molar-refractivity contribution in [2.45, 2.75) is 45.2 Å². The smallest absolute Gasteiger partial charge is 0.0672 e. The molecule has 0 aliphatic heterocycles. The first-order valence-corrected chi connectivity index (χ1v) is 7.21. The Morgan fingerprint density at radius 2 is 2.32 bits per heavy atom. The summed E-state index contributed by atoms with van der Waals surface area (Å²) in [5.74, 6) is 0.968. The molecule has 0 spiro atoms. The van der Waals surface area contributed by atoms with Crippen LogP contribution in [0.15, 0.2) is 12.4 Å². The van der Waals surface area contributed by atoms with Crippen LogP contribution < -0.4 is 0 Å². The Hall–Kier alpha value is -1.34. The Morgan fingerprint density at radius 3 is 2.89 bits per heavy atom. The molecule has 1 fully saturated rings. The van der Waals surface area contributed by atoms with Crippen LogP contribution in [0.2, 0.25) is 0 Å². The second-order valence-corrected chi connectivity index (χ2v) is 5.83. The van der Waals surface area contributed by atoms with E-state index in [0.29, 0.717) is 6.04 Å². The van der Waals surface area contributed by atoms with Gasteiger partial charge in [-0.2, -0.15) is 10.4 Å². The topological polar surface area (TPSA) is 44.9 Å². The van der Waals surface area contributed by atoms with Crippen molar-refractivity contribution in [2.24, 2.45) is 18.9 Å². The van der Waals surface area contributed by atoms with Gasteiger partial charge < -0.3 is 0 Å². The molecule has 2 rings (SSSR count). The highest BCUT2D eigenvalue weighted by molar-refractivity contribution is 5.05. The zero-order chi connectivity index (χ0) is 13.8. The van der Waals surface area contributed by atoms with E-state index < -0.39 is 0 Å². The Bertz CT molecular complexity index is 445. The highest BCUT2D eigenvalue weighted by atomic mass is 15.2. The zero-order valence-corrected chi connectivity index (χ0v) is 12.2. The molecule has 1 aromatic heterocycles. The Kier molecular flexibility index (Phi) is 4.60. The maximum atomic E-state index is 9.35. The highest BCUT2D eigenvalue weighted by Gasteiger charge is 2.32. The van der Waals surface area contributed by atoms with Crippen LogP contribution in [0.5, 0.6) is 0 Å². The predicted octanol–water partition coefficient (Wildman–Crippen LogP) is 2.57. The van der Waals surface area contributed by atoms with Gasteiger partial charge in [-0.1, -0.05) is 13.3 Å². The summed E-state index contributed by atoms with van der Waals surface area (Å²) in [5.41, 5.74) is 1.22. The Labute approximate surface area is 116 Å². The number of hydrogen-bond acceptors (Lipinski definition) is 3. The number of hydrogen-bond donors (Lipinski definition) is 0. The molecule has 3 unspecified atom stereocenters. The lowest BCUT2D eigenvalue weighted by molar-refractivity contribution is 0.118. The van der Waals surface area contributed by atoms with E-state index in [9.17, 15) is 5.26 Å². The number of aromatic nitrogens is 2. The molecule has 1 aliphatic carbocycles. The van der Waals surface area contributed by atoms with Crippen LogP contribution in [0.25, 0.3) is 0 Å². The van der Waals surface area contributed by atoms with Crippen LogP contribution in [-0.2, 0) is 13.6 Å². The van der Waals surface area contributed by atoms with Gasteiger partial charge in [-0.15, -0.1) is 0 Å². The van der Waals surface area contributed by atoms with Crippen molar-refractivity contribution in [3.63, 3.8) is 0 Å². The molecular formula is C15H24N4. The Morgan fingerprint density at radius 1 is 1.53 bits per heavy atom. The maximum Gasteiger partial charge on any atom is 0.0672 e. The lowest BCUT2D eigenvalue weighted by Gasteiger charge is -2.38. The third kappa shape index (κ3) is 3.36. The van der Waals surface area contributed by atoms with Gasteiger partial charge in [-0.25, -0.2) is 0 Å². The van der Waals surface area contributed by atoms with E-state index in [2.05, 4.69) is 36.2 Å². The monoisotopic (exact) mass is 260 g/mol. The molecule has 0 N–H and O–H groups in total. The molecule has 1 aliphatic rings. The summed E-state index contributed by atoms with van der Waals surface area (Å²) < 4.78 is 1.83. The molecule has 0 amide bonds. The number of nitrogens with zero attached hydrogens (tertiary/aromatic N) is 4. The van der Waals surface area contributed by atoms with Crippen molar-refractivity contribution in [1.82, 2.24) is 14.7 Å². The van der Waals surface area contributed by atoms with Crippen molar-refractivity contribution in [3.05, 3.63) is 18.0 Å². The molecular weight excluding hydrogens is 236 g/mol.